The number of ether oxygens (including phenoxy) is 1. The molecule has 21 heavy (non-hydrogen) atoms. The van der Waals surface area contributed by atoms with Crippen LogP contribution in [0.25, 0.3) is 0 Å². The fraction of sp³-hybridized carbons (Fsp3) is 0.625. The molecular weight excluding hydrogens is 266 g/mol. The average molecular weight is 293 g/mol. The third-order valence-electron chi connectivity index (χ3n) is 3.81. The Kier molecular flexibility index (Phi) is 6.45. The van der Waals surface area contributed by atoms with Crippen LogP contribution in [0.4, 0.5) is 0 Å². The number of piperazine rings is 1. The van der Waals surface area contributed by atoms with Crippen molar-refractivity contribution in [1.82, 2.24) is 15.1 Å². The van der Waals surface area contributed by atoms with Crippen LogP contribution in [0.5, 0.6) is 5.75 Å². The summed E-state index contributed by atoms with van der Waals surface area (Å²) in [4.78, 5) is 4.48. The SMILES string of the molecule is COc1ccc(CN(C)CC(O)CN2CCNCC2)cc1. The van der Waals surface area contributed by atoms with E-state index in [9.17, 15) is 5.11 Å². The number of aliphatic hydroxyl groups excluding tert-OH is 1. The average Bonchev–Trinajstić information content (AvgIpc) is 2.48. The zero-order valence-corrected chi connectivity index (χ0v) is 13.1. The standard InChI is InChI=1S/C16H27N3O2/c1-18(11-14-3-5-16(21-2)6-4-14)12-15(20)13-19-9-7-17-8-10-19/h3-6,15,17,20H,7-13H2,1-2H3. The lowest BCUT2D eigenvalue weighted by molar-refractivity contribution is 0.0752. The van der Waals surface area contributed by atoms with E-state index in [1.807, 2.05) is 19.2 Å². The molecule has 1 aromatic carbocycles. The summed E-state index contributed by atoms with van der Waals surface area (Å²) in [6, 6.07) is 8.08. The summed E-state index contributed by atoms with van der Waals surface area (Å²) in [6.45, 7) is 6.38. The van der Waals surface area contributed by atoms with Crippen LogP contribution < -0.4 is 10.1 Å². The van der Waals surface area contributed by atoms with Gasteiger partial charge in [0.2, 0.25) is 0 Å². The van der Waals surface area contributed by atoms with Gasteiger partial charge in [-0.2, -0.15) is 0 Å². The molecule has 0 aromatic heterocycles. The summed E-state index contributed by atoms with van der Waals surface area (Å²) < 4.78 is 5.16. The van der Waals surface area contributed by atoms with Crippen LogP contribution in [0.15, 0.2) is 24.3 Å². The molecule has 1 saturated heterocycles. The molecule has 1 aliphatic rings. The maximum atomic E-state index is 10.2. The van der Waals surface area contributed by atoms with E-state index in [2.05, 4.69) is 27.2 Å². The fourth-order valence-corrected chi connectivity index (χ4v) is 2.72. The molecular formula is C16H27N3O2. The fourth-order valence-electron chi connectivity index (χ4n) is 2.72. The number of aliphatic hydroxyl groups is 1. The van der Waals surface area contributed by atoms with Gasteiger partial charge >= 0.3 is 0 Å². The Hall–Kier alpha value is -1.14. The number of likely N-dealkylation sites (N-methyl/N-ethyl adjacent to an activating group) is 1. The lowest BCUT2D eigenvalue weighted by atomic mass is 10.2. The molecule has 1 aliphatic heterocycles. The molecule has 5 nitrogen and oxygen atoms in total. The summed E-state index contributed by atoms with van der Waals surface area (Å²) in [6.07, 6.45) is -0.300. The van der Waals surface area contributed by atoms with Crippen LogP contribution in [-0.2, 0) is 6.54 Å². The molecule has 1 fully saturated rings. The molecule has 0 saturated carbocycles. The van der Waals surface area contributed by atoms with Gasteiger partial charge < -0.3 is 15.2 Å². The third kappa shape index (κ3) is 5.63. The first-order valence-corrected chi connectivity index (χ1v) is 7.60. The Morgan fingerprint density at radius 3 is 2.57 bits per heavy atom. The van der Waals surface area contributed by atoms with Gasteiger partial charge in [-0.25, -0.2) is 0 Å². The molecule has 1 heterocycles. The summed E-state index contributed by atoms with van der Waals surface area (Å²) in [5.41, 5.74) is 1.23. The predicted octanol–water partition coefficient (Wildman–Crippen LogP) is 0.393. The van der Waals surface area contributed by atoms with E-state index in [1.165, 1.54) is 5.56 Å². The van der Waals surface area contributed by atoms with Gasteiger partial charge in [0.05, 0.1) is 13.2 Å². The maximum absolute atomic E-state index is 10.2. The van der Waals surface area contributed by atoms with E-state index in [1.54, 1.807) is 7.11 Å². The highest BCUT2D eigenvalue weighted by atomic mass is 16.5. The summed E-state index contributed by atoms with van der Waals surface area (Å²) >= 11 is 0. The molecule has 0 bridgehead atoms. The van der Waals surface area contributed by atoms with E-state index < -0.39 is 0 Å². The number of β-amino-alcohol motifs (C(OH)–C–C–N with tert-alkyl or cyclic N) is 1. The number of methoxy groups -OCH3 is 1. The molecule has 5 heteroatoms. The zero-order valence-electron chi connectivity index (χ0n) is 13.1. The monoisotopic (exact) mass is 293 g/mol. The molecule has 1 atom stereocenters. The maximum Gasteiger partial charge on any atom is 0.118 e. The van der Waals surface area contributed by atoms with Crippen molar-refractivity contribution in [1.29, 1.82) is 0 Å². The largest absolute Gasteiger partial charge is 0.497 e. The summed E-state index contributed by atoms with van der Waals surface area (Å²) in [5, 5.41) is 13.5. The second-order valence-corrected chi connectivity index (χ2v) is 5.75. The lowest BCUT2D eigenvalue weighted by Crippen LogP contribution is -2.47. The van der Waals surface area contributed by atoms with Gasteiger partial charge in [0.1, 0.15) is 5.75 Å². The number of nitrogens with zero attached hydrogens (tertiary/aromatic N) is 2. The highest BCUT2D eigenvalue weighted by Crippen LogP contribution is 2.12. The van der Waals surface area contributed by atoms with Crippen LogP contribution in [-0.4, -0.2) is 74.4 Å². The number of hydrogen-bond donors (Lipinski definition) is 2. The van der Waals surface area contributed by atoms with Crippen LogP contribution in [0.1, 0.15) is 5.56 Å². The van der Waals surface area contributed by atoms with Crippen molar-refractivity contribution in [3.63, 3.8) is 0 Å². The van der Waals surface area contributed by atoms with Gasteiger partial charge in [-0.15, -0.1) is 0 Å². The Bertz CT molecular complexity index is 404. The van der Waals surface area contributed by atoms with Crippen molar-refractivity contribution < 1.29 is 9.84 Å². The lowest BCUT2D eigenvalue weighted by Gasteiger charge is -2.30. The number of hydrogen-bond acceptors (Lipinski definition) is 5. The quantitative estimate of drug-likeness (QED) is 0.762. The van der Waals surface area contributed by atoms with E-state index in [0.717, 1.165) is 45.0 Å². The highest BCUT2D eigenvalue weighted by Gasteiger charge is 2.15. The number of nitrogens with one attached hydrogen (secondary N) is 1. The Morgan fingerprint density at radius 2 is 1.95 bits per heavy atom. The van der Waals surface area contributed by atoms with Gasteiger partial charge in [-0.1, -0.05) is 12.1 Å². The minimum atomic E-state index is -0.300. The van der Waals surface area contributed by atoms with Gasteiger partial charge in [0.15, 0.2) is 0 Å². The topological polar surface area (TPSA) is 48.0 Å². The third-order valence-corrected chi connectivity index (χ3v) is 3.81. The van der Waals surface area contributed by atoms with Crippen molar-refractivity contribution in [2.75, 3.05) is 53.4 Å². The van der Waals surface area contributed by atoms with Crippen LogP contribution in [0.2, 0.25) is 0 Å². The number of rotatable bonds is 7. The first kappa shape index (κ1) is 16.2. The molecule has 0 spiro atoms. The molecule has 1 aromatic rings. The van der Waals surface area contributed by atoms with Crippen molar-refractivity contribution >= 4 is 0 Å². The minimum absolute atomic E-state index is 0.300. The van der Waals surface area contributed by atoms with Gasteiger partial charge in [-0.05, 0) is 24.7 Å². The molecule has 1 unspecified atom stereocenters. The van der Waals surface area contributed by atoms with Crippen molar-refractivity contribution in [3.05, 3.63) is 29.8 Å². The van der Waals surface area contributed by atoms with E-state index in [4.69, 9.17) is 4.74 Å². The predicted molar refractivity (Wildman–Crippen MR) is 84.6 cm³/mol. The molecule has 0 radical (unpaired) electrons. The van der Waals surface area contributed by atoms with Gasteiger partial charge in [0.25, 0.3) is 0 Å². The normalized spacial score (nSPS) is 17.9. The van der Waals surface area contributed by atoms with Crippen molar-refractivity contribution in [3.8, 4) is 5.75 Å². The Labute approximate surface area is 127 Å². The first-order chi connectivity index (χ1) is 10.2. The summed E-state index contributed by atoms with van der Waals surface area (Å²) in [5.74, 6) is 0.875. The first-order valence-electron chi connectivity index (χ1n) is 7.60. The molecule has 2 N–H and O–H groups in total. The van der Waals surface area contributed by atoms with Gasteiger partial charge in [-0.3, -0.25) is 9.80 Å². The minimum Gasteiger partial charge on any atom is -0.497 e. The zero-order chi connectivity index (χ0) is 15.1. The van der Waals surface area contributed by atoms with E-state index in [-0.39, 0.29) is 6.10 Å². The molecule has 118 valence electrons. The highest BCUT2D eigenvalue weighted by molar-refractivity contribution is 5.27. The molecule has 2 rings (SSSR count). The molecule has 0 amide bonds. The number of benzene rings is 1. The van der Waals surface area contributed by atoms with Crippen LogP contribution in [0.3, 0.4) is 0 Å². The van der Waals surface area contributed by atoms with Crippen molar-refractivity contribution in [2.45, 2.75) is 12.6 Å². The summed E-state index contributed by atoms with van der Waals surface area (Å²) in [7, 11) is 3.72. The van der Waals surface area contributed by atoms with Crippen LogP contribution in [0, 0.1) is 0 Å². The van der Waals surface area contributed by atoms with Gasteiger partial charge in [0, 0.05) is 45.8 Å². The second kappa shape index (κ2) is 8.34. The van der Waals surface area contributed by atoms with Crippen LogP contribution >= 0.6 is 0 Å². The van der Waals surface area contributed by atoms with E-state index in [0.29, 0.717) is 6.54 Å². The second-order valence-electron chi connectivity index (χ2n) is 5.75. The Morgan fingerprint density at radius 1 is 1.29 bits per heavy atom. The Balaban J connectivity index is 1.73. The molecule has 0 aliphatic carbocycles. The van der Waals surface area contributed by atoms with Crippen molar-refractivity contribution in [2.24, 2.45) is 0 Å². The smallest absolute Gasteiger partial charge is 0.118 e. The van der Waals surface area contributed by atoms with E-state index >= 15 is 0 Å².